The van der Waals surface area contributed by atoms with Crippen molar-refractivity contribution < 1.29 is 4.79 Å². The average Bonchev–Trinajstić information content (AvgIpc) is 2.89. The minimum atomic E-state index is -0.365. The molecule has 4 N–H and O–H groups in total. The smallest absolute Gasteiger partial charge is 0.234 e. The summed E-state index contributed by atoms with van der Waals surface area (Å²) in [7, 11) is 0. The van der Waals surface area contributed by atoms with E-state index < -0.39 is 0 Å². The van der Waals surface area contributed by atoms with Crippen molar-refractivity contribution in [2.75, 3.05) is 11.9 Å². The zero-order valence-electron chi connectivity index (χ0n) is 11.8. The summed E-state index contributed by atoms with van der Waals surface area (Å²) in [5, 5.41) is 9.81. The lowest BCUT2D eigenvalue weighted by atomic mass is 9.98. The molecular formula is C15H20N4O. The van der Waals surface area contributed by atoms with E-state index in [1.54, 1.807) is 0 Å². The third-order valence-corrected chi connectivity index (χ3v) is 3.23. The molecule has 1 aromatic carbocycles. The van der Waals surface area contributed by atoms with Crippen LogP contribution in [0.15, 0.2) is 36.4 Å². The Hall–Kier alpha value is -2.14. The second kappa shape index (κ2) is 6.34. The zero-order valence-corrected chi connectivity index (χ0v) is 11.8. The molecule has 0 aliphatic rings. The van der Waals surface area contributed by atoms with Gasteiger partial charge in [-0.3, -0.25) is 9.89 Å². The number of amides is 1. The Morgan fingerprint density at radius 1 is 1.35 bits per heavy atom. The third-order valence-electron chi connectivity index (χ3n) is 3.23. The van der Waals surface area contributed by atoms with E-state index in [4.69, 9.17) is 5.73 Å². The van der Waals surface area contributed by atoms with Crippen molar-refractivity contribution in [2.45, 2.75) is 25.7 Å². The van der Waals surface area contributed by atoms with Crippen LogP contribution >= 0.6 is 0 Å². The van der Waals surface area contributed by atoms with Crippen LogP contribution < -0.4 is 11.1 Å². The first-order valence-electron chi connectivity index (χ1n) is 6.73. The maximum absolute atomic E-state index is 12.3. The van der Waals surface area contributed by atoms with Gasteiger partial charge in [-0.25, -0.2) is 0 Å². The van der Waals surface area contributed by atoms with Crippen molar-refractivity contribution >= 4 is 11.7 Å². The van der Waals surface area contributed by atoms with Gasteiger partial charge in [-0.15, -0.1) is 0 Å². The van der Waals surface area contributed by atoms with E-state index in [2.05, 4.69) is 29.4 Å². The summed E-state index contributed by atoms with van der Waals surface area (Å²) in [4.78, 5) is 12.3. The fourth-order valence-corrected chi connectivity index (χ4v) is 1.99. The van der Waals surface area contributed by atoms with Gasteiger partial charge in [-0.1, -0.05) is 44.2 Å². The summed E-state index contributed by atoms with van der Waals surface area (Å²) in [5.41, 5.74) is 7.62. The van der Waals surface area contributed by atoms with Crippen LogP contribution in [0.25, 0.3) is 0 Å². The lowest BCUT2D eigenvalue weighted by Crippen LogP contribution is -2.27. The first-order chi connectivity index (χ1) is 9.61. The Labute approximate surface area is 118 Å². The number of carbonyl (C=O) groups excluding carboxylic acids is 1. The number of aromatic amines is 1. The fraction of sp³-hybridized carbons (Fsp3) is 0.333. The van der Waals surface area contributed by atoms with Crippen molar-refractivity contribution in [1.29, 1.82) is 0 Å². The van der Waals surface area contributed by atoms with Gasteiger partial charge in [0.05, 0.1) is 5.92 Å². The molecule has 1 atom stereocenters. The summed E-state index contributed by atoms with van der Waals surface area (Å²) in [5.74, 6) is 0.372. The summed E-state index contributed by atoms with van der Waals surface area (Å²) in [6, 6.07) is 11.4. The van der Waals surface area contributed by atoms with Gasteiger partial charge in [0, 0.05) is 18.3 Å². The second-order valence-corrected chi connectivity index (χ2v) is 5.05. The molecule has 1 unspecified atom stereocenters. The minimum absolute atomic E-state index is 0.138. The topological polar surface area (TPSA) is 83.8 Å². The molecule has 0 bridgehead atoms. The molecule has 106 valence electrons. The number of anilines is 1. The number of carbonyl (C=O) groups is 1. The summed E-state index contributed by atoms with van der Waals surface area (Å²) in [6.45, 7) is 4.38. The summed E-state index contributed by atoms with van der Waals surface area (Å²) >= 11 is 0. The van der Waals surface area contributed by atoms with E-state index in [0.717, 1.165) is 11.3 Å². The molecule has 0 aliphatic heterocycles. The molecule has 1 heterocycles. The second-order valence-electron chi connectivity index (χ2n) is 5.05. The SMILES string of the molecule is CC(C)c1cc(NC(=O)C(CN)c2ccccc2)n[nH]1. The number of aromatic nitrogens is 2. The predicted octanol–water partition coefficient (Wildman–Crippen LogP) is 2.21. The number of rotatable bonds is 5. The highest BCUT2D eigenvalue weighted by Gasteiger charge is 2.19. The van der Waals surface area contributed by atoms with Crippen LogP contribution in [-0.2, 0) is 4.79 Å². The van der Waals surface area contributed by atoms with Gasteiger partial charge in [0.15, 0.2) is 5.82 Å². The molecule has 0 radical (unpaired) electrons. The van der Waals surface area contributed by atoms with Crippen LogP contribution in [0.5, 0.6) is 0 Å². The van der Waals surface area contributed by atoms with E-state index in [0.29, 0.717) is 11.7 Å². The van der Waals surface area contributed by atoms with Gasteiger partial charge < -0.3 is 11.1 Å². The van der Waals surface area contributed by atoms with E-state index in [-0.39, 0.29) is 18.4 Å². The molecule has 1 amide bonds. The standard InChI is InChI=1S/C15H20N4O/c1-10(2)13-8-14(19-18-13)17-15(20)12(9-16)11-6-4-3-5-7-11/h3-8,10,12H,9,16H2,1-2H3,(H2,17,18,19,20). The van der Waals surface area contributed by atoms with Crippen LogP contribution in [-0.4, -0.2) is 22.6 Å². The lowest BCUT2D eigenvalue weighted by Gasteiger charge is -2.13. The van der Waals surface area contributed by atoms with E-state index in [1.165, 1.54) is 0 Å². The molecule has 0 saturated heterocycles. The van der Waals surface area contributed by atoms with Crippen LogP contribution in [0.3, 0.4) is 0 Å². The van der Waals surface area contributed by atoms with Crippen LogP contribution in [0, 0.1) is 0 Å². The zero-order chi connectivity index (χ0) is 14.5. The molecule has 0 spiro atoms. The monoisotopic (exact) mass is 272 g/mol. The van der Waals surface area contributed by atoms with Crippen LogP contribution in [0.2, 0.25) is 0 Å². The molecule has 0 aliphatic carbocycles. The van der Waals surface area contributed by atoms with Crippen LogP contribution in [0.4, 0.5) is 5.82 Å². The van der Waals surface area contributed by atoms with Crippen molar-refractivity contribution in [3.63, 3.8) is 0 Å². The normalized spacial score (nSPS) is 12.4. The van der Waals surface area contributed by atoms with E-state index in [9.17, 15) is 4.79 Å². The molecule has 2 aromatic rings. The number of benzene rings is 1. The van der Waals surface area contributed by atoms with Crippen molar-refractivity contribution in [3.8, 4) is 0 Å². The number of nitrogens with two attached hydrogens (primary N) is 1. The highest BCUT2D eigenvalue weighted by atomic mass is 16.2. The van der Waals surface area contributed by atoms with Crippen molar-refractivity contribution in [3.05, 3.63) is 47.7 Å². The average molecular weight is 272 g/mol. The van der Waals surface area contributed by atoms with Crippen LogP contribution in [0.1, 0.15) is 36.9 Å². The minimum Gasteiger partial charge on any atom is -0.329 e. The highest BCUT2D eigenvalue weighted by Crippen LogP contribution is 2.18. The van der Waals surface area contributed by atoms with E-state index in [1.807, 2.05) is 36.4 Å². The van der Waals surface area contributed by atoms with Gasteiger partial charge in [0.25, 0.3) is 0 Å². The van der Waals surface area contributed by atoms with Crippen molar-refractivity contribution in [1.82, 2.24) is 10.2 Å². The maximum Gasteiger partial charge on any atom is 0.234 e. The Morgan fingerprint density at radius 2 is 2.05 bits per heavy atom. The molecule has 1 aromatic heterocycles. The first kappa shape index (κ1) is 14.3. The molecular weight excluding hydrogens is 252 g/mol. The quantitative estimate of drug-likeness (QED) is 0.780. The predicted molar refractivity (Wildman–Crippen MR) is 79.5 cm³/mol. The first-order valence-corrected chi connectivity index (χ1v) is 6.73. The number of hydrogen-bond acceptors (Lipinski definition) is 3. The number of H-pyrrole nitrogens is 1. The Kier molecular flexibility index (Phi) is 4.53. The molecule has 5 nitrogen and oxygen atoms in total. The molecule has 5 heteroatoms. The number of nitrogens with one attached hydrogen (secondary N) is 2. The Balaban J connectivity index is 2.09. The highest BCUT2D eigenvalue weighted by molar-refractivity contribution is 5.95. The number of nitrogens with zero attached hydrogens (tertiary/aromatic N) is 1. The van der Waals surface area contributed by atoms with Crippen molar-refractivity contribution in [2.24, 2.45) is 5.73 Å². The molecule has 0 fully saturated rings. The molecule has 2 rings (SSSR count). The van der Waals surface area contributed by atoms with Gasteiger partial charge in [0.1, 0.15) is 0 Å². The molecule has 0 saturated carbocycles. The largest absolute Gasteiger partial charge is 0.329 e. The Morgan fingerprint density at radius 3 is 2.60 bits per heavy atom. The van der Waals surface area contributed by atoms with Gasteiger partial charge in [-0.05, 0) is 11.5 Å². The van der Waals surface area contributed by atoms with Gasteiger partial charge >= 0.3 is 0 Å². The lowest BCUT2D eigenvalue weighted by molar-refractivity contribution is -0.117. The third kappa shape index (κ3) is 3.24. The Bertz CT molecular complexity index is 562. The summed E-state index contributed by atoms with van der Waals surface area (Å²) < 4.78 is 0. The fourth-order valence-electron chi connectivity index (χ4n) is 1.99. The van der Waals surface area contributed by atoms with Gasteiger partial charge in [-0.2, -0.15) is 5.10 Å². The molecule has 20 heavy (non-hydrogen) atoms. The van der Waals surface area contributed by atoms with Gasteiger partial charge in [0.2, 0.25) is 5.91 Å². The summed E-state index contributed by atoms with van der Waals surface area (Å²) in [6.07, 6.45) is 0. The van der Waals surface area contributed by atoms with E-state index >= 15 is 0 Å². The number of hydrogen-bond donors (Lipinski definition) is 3. The maximum atomic E-state index is 12.3.